The summed E-state index contributed by atoms with van der Waals surface area (Å²) in [6.45, 7) is 11.6. The molecule has 0 saturated carbocycles. The van der Waals surface area contributed by atoms with Crippen LogP contribution in [-0.2, 0) is 4.08 Å². The average Bonchev–Trinajstić information content (AvgIpc) is 3.54. The quantitative estimate of drug-likeness (QED) is 0.121. The van der Waals surface area contributed by atoms with Crippen LogP contribution < -0.4 is 9.80 Å². The molecule has 320 valence electrons. The molecule has 6 aromatic rings. The molecular formula is C58H66N2S2. The maximum absolute atomic E-state index is 2.60. The molecule has 0 heterocycles. The van der Waals surface area contributed by atoms with Gasteiger partial charge in [0.15, 0.2) is 0 Å². The minimum atomic E-state index is -1.32. The van der Waals surface area contributed by atoms with Crippen LogP contribution in [0.25, 0.3) is 22.3 Å². The Kier molecular flexibility index (Phi) is 12.1. The topological polar surface area (TPSA) is 6.48 Å². The van der Waals surface area contributed by atoms with Crippen LogP contribution in [0.1, 0.15) is 69.2 Å². The third-order valence-corrected chi connectivity index (χ3v) is 20.4. The molecule has 0 radical (unpaired) electrons. The lowest BCUT2D eigenvalue weighted by atomic mass is 9.87. The second-order valence-corrected chi connectivity index (χ2v) is 28.1. The second kappa shape index (κ2) is 17.2. The Labute approximate surface area is 376 Å². The summed E-state index contributed by atoms with van der Waals surface area (Å²) >= 11 is 0. The van der Waals surface area contributed by atoms with E-state index in [1.165, 1.54) is 78.5 Å². The summed E-state index contributed by atoms with van der Waals surface area (Å²) in [4.78, 5) is 5.06. The van der Waals surface area contributed by atoms with Crippen molar-refractivity contribution in [2.45, 2.75) is 57.1 Å². The molecule has 0 amide bonds. The fourth-order valence-corrected chi connectivity index (χ4v) is 19.9. The molecule has 0 fully saturated rings. The fraction of sp³-hybridized carbons (Fsp3) is 0.276. The summed E-state index contributed by atoms with van der Waals surface area (Å²) in [5.74, 6) is 0.905. The highest BCUT2D eigenvalue weighted by atomic mass is 32.3. The summed E-state index contributed by atoms with van der Waals surface area (Å²) < 4.78 is -0.203. The molecule has 0 bridgehead atoms. The summed E-state index contributed by atoms with van der Waals surface area (Å²) in [5, 5.41) is 0. The molecule has 2 aliphatic carbocycles. The summed E-state index contributed by atoms with van der Waals surface area (Å²) in [5.41, 5.74) is 18.4. The van der Waals surface area contributed by atoms with Gasteiger partial charge in [0.2, 0.25) is 0 Å². The lowest BCUT2D eigenvalue weighted by Crippen LogP contribution is -2.36. The number of para-hydroxylation sites is 2. The van der Waals surface area contributed by atoms with Crippen molar-refractivity contribution in [1.29, 1.82) is 0 Å². The summed E-state index contributed by atoms with van der Waals surface area (Å²) in [6.07, 6.45) is 23.3. The van der Waals surface area contributed by atoms with Gasteiger partial charge in [-0.25, -0.2) is 20.1 Å². The third-order valence-electron chi connectivity index (χ3n) is 13.1. The molecule has 0 aliphatic heterocycles. The predicted molar refractivity (Wildman–Crippen MR) is 281 cm³/mol. The van der Waals surface area contributed by atoms with Crippen LogP contribution in [0.3, 0.4) is 0 Å². The Morgan fingerprint density at radius 2 is 1.06 bits per heavy atom. The van der Waals surface area contributed by atoms with Gasteiger partial charge in [-0.3, -0.25) is 0 Å². The predicted octanol–water partition coefficient (Wildman–Crippen LogP) is 16.5. The number of rotatable bonds is 12. The van der Waals surface area contributed by atoms with Gasteiger partial charge in [0, 0.05) is 28.4 Å². The molecule has 62 heavy (non-hydrogen) atoms. The molecule has 2 nitrogen and oxygen atoms in total. The van der Waals surface area contributed by atoms with Crippen molar-refractivity contribution in [3.8, 4) is 11.1 Å². The Morgan fingerprint density at radius 3 is 1.65 bits per heavy atom. The van der Waals surface area contributed by atoms with Gasteiger partial charge in [-0.2, -0.15) is 0 Å². The van der Waals surface area contributed by atoms with Crippen molar-refractivity contribution in [3.05, 3.63) is 198 Å². The summed E-state index contributed by atoms with van der Waals surface area (Å²) in [7, 11) is -2.64. The molecule has 2 aliphatic rings. The third kappa shape index (κ3) is 7.68. The largest absolute Gasteiger partial charge is 0.334 e. The van der Waals surface area contributed by atoms with Gasteiger partial charge in [0.25, 0.3) is 0 Å². The van der Waals surface area contributed by atoms with Crippen LogP contribution in [-0.4, -0.2) is 43.6 Å². The number of benzene rings is 6. The molecule has 0 aromatic heterocycles. The first-order valence-corrected chi connectivity index (χ1v) is 27.9. The van der Waals surface area contributed by atoms with Crippen LogP contribution >= 0.6 is 20.1 Å². The zero-order valence-corrected chi connectivity index (χ0v) is 40.4. The standard InChI is InChI=1S/C58H66N2S2/c1-41(2)44-31-33-48(34-32-44)59(46-25-17-13-18-26-46)50-35-37-52-43(5)57(58(55(52)40-50,61(6,7)8)62(9,10)11)53-38-36-49(39-54(53)45-23-15-12-16-24-45)60(47-27-19-14-20-28-47)56-30-22-21-29-51(56)42(3)4/h12-29,31-42,56H,30H2,1-11H3. The molecule has 8 rings (SSSR count). The van der Waals surface area contributed by atoms with Crippen LogP contribution in [0.5, 0.6) is 0 Å². The Balaban J connectivity index is 1.37. The normalized spacial score (nSPS) is 16.7. The van der Waals surface area contributed by atoms with E-state index in [1.54, 1.807) is 0 Å². The van der Waals surface area contributed by atoms with Crippen molar-refractivity contribution in [2.75, 3.05) is 47.3 Å². The van der Waals surface area contributed by atoms with Gasteiger partial charge >= 0.3 is 0 Å². The van der Waals surface area contributed by atoms with Crippen molar-refractivity contribution in [2.24, 2.45) is 5.92 Å². The molecule has 0 N–H and O–H groups in total. The lowest BCUT2D eigenvalue weighted by molar-refractivity contribution is 0.628. The number of anilines is 5. The fourth-order valence-electron chi connectivity index (χ4n) is 10.5. The number of allylic oxidation sites excluding steroid dienone is 3. The maximum atomic E-state index is 2.60. The van der Waals surface area contributed by atoms with E-state index in [9.17, 15) is 0 Å². The molecular weight excluding hydrogens is 789 g/mol. The number of nitrogens with zero attached hydrogens (tertiary/aromatic N) is 2. The highest BCUT2D eigenvalue weighted by Gasteiger charge is 2.56. The maximum Gasteiger partial charge on any atom is 0.0814 e. The highest BCUT2D eigenvalue weighted by molar-refractivity contribution is 8.49. The highest BCUT2D eigenvalue weighted by Crippen LogP contribution is 2.81. The van der Waals surface area contributed by atoms with Crippen LogP contribution in [0.2, 0.25) is 0 Å². The minimum absolute atomic E-state index is 0.203. The number of hydrogen-bond acceptors (Lipinski definition) is 2. The zero-order valence-electron chi connectivity index (χ0n) is 38.8. The second-order valence-electron chi connectivity index (χ2n) is 19.2. The van der Waals surface area contributed by atoms with Gasteiger partial charge in [-0.05, 0) is 173 Å². The molecule has 1 unspecified atom stereocenters. The minimum Gasteiger partial charge on any atom is -0.334 e. The number of hydrogen-bond donors (Lipinski definition) is 0. The SMILES string of the molecule is CC1=C(c2ccc(N(c3ccccc3)C3CC=CC=C3C(C)C)cc2-c2ccccc2)C(S(C)(C)C)(S(C)(C)C)c2cc(N(c3ccccc3)c3ccc(C(C)C)cc3)ccc21. The Bertz CT molecular complexity index is 2610. The first kappa shape index (κ1) is 43.5. The number of fused-ring (bicyclic) bond motifs is 1. The molecule has 0 saturated heterocycles. The van der Waals surface area contributed by atoms with E-state index in [2.05, 4.69) is 252 Å². The van der Waals surface area contributed by atoms with E-state index in [-0.39, 0.29) is 10.1 Å². The molecule has 0 spiro atoms. The smallest absolute Gasteiger partial charge is 0.0814 e. The van der Waals surface area contributed by atoms with Crippen LogP contribution in [0, 0.1) is 5.92 Å². The first-order valence-electron chi connectivity index (χ1n) is 22.2. The monoisotopic (exact) mass is 854 g/mol. The van der Waals surface area contributed by atoms with Crippen molar-refractivity contribution >= 4 is 59.6 Å². The first-order chi connectivity index (χ1) is 29.6. The van der Waals surface area contributed by atoms with E-state index in [4.69, 9.17) is 0 Å². The van der Waals surface area contributed by atoms with Gasteiger partial charge in [0.05, 0.1) is 10.1 Å². The Morgan fingerprint density at radius 1 is 0.532 bits per heavy atom. The molecule has 4 heteroatoms. The van der Waals surface area contributed by atoms with Gasteiger partial charge in [0.1, 0.15) is 0 Å². The average molecular weight is 855 g/mol. The van der Waals surface area contributed by atoms with E-state index < -0.39 is 20.1 Å². The Hall–Kier alpha value is -5.16. The van der Waals surface area contributed by atoms with Crippen molar-refractivity contribution in [1.82, 2.24) is 0 Å². The zero-order chi connectivity index (χ0) is 44.0. The summed E-state index contributed by atoms with van der Waals surface area (Å²) in [6, 6.07) is 57.4. The van der Waals surface area contributed by atoms with Gasteiger partial charge in [-0.15, -0.1) is 0 Å². The van der Waals surface area contributed by atoms with Crippen molar-refractivity contribution < 1.29 is 0 Å². The lowest BCUT2D eigenvalue weighted by Gasteiger charge is -2.60. The molecule has 1 atom stereocenters. The van der Waals surface area contributed by atoms with Gasteiger partial charge < -0.3 is 9.80 Å². The van der Waals surface area contributed by atoms with Crippen LogP contribution in [0.15, 0.2) is 175 Å². The van der Waals surface area contributed by atoms with E-state index in [0.717, 1.165) is 6.42 Å². The van der Waals surface area contributed by atoms with Crippen molar-refractivity contribution in [3.63, 3.8) is 0 Å². The molecule has 6 aromatic carbocycles. The van der Waals surface area contributed by atoms with E-state index in [0.29, 0.717) is 11.8 Å². The van der Waals surface area contributed by atoms with Gasteiger partial charge in [-0.1, -0.05) is 137 Å². The van der Waals surface area contributed by atoms with Crippen LogP contribution in [0.4, 0.5) is 28.4 Å². The van der Waals surface area contributed by atoms with E-state index >= 15 is 0 Å². The van der Waals surface area contributed by atoms with E-state index in [1.807, 2.05) is 0 Å².